The lowest BCUT2D eigenvalue weighted by Gasteiger charge is -2.31. The molecule has 0 atom stereocenters. The smallest absolute Gasteiger partial charge is 0.274 e. The van der Waals surface area contributed by atoms with Crippen LogP contribution in [0.5, 0.6) is 0 Å². The van der Waals surface area contributed by atoms with Gasteiger partial charge in [-0.25, -0.2) is 4.98 Å². The maximum atomic E-state index is 12.4. The standard InChI is InChI=1S/C16H16ClN3O/c17-14-5-3-4-13(12-14)16(21)20-10-8-19(9-11-20)15-6-1-2-7-18-15/h1-7,12H,8-11H2/p+1. The summed E-state index contributed by atoms with van der Waals surface area (Å²) in [5.74, 6) is 1.14. The zero-order chi connectivity index (χ0) is 14.7. The number of piperazine rings is 1. The highest BCUT2D eigenvalue weighted by molar-refractivity contribution is 6.30. The number of carbonyl (C=O) groups excluding carboxylic acids is 1. The normalized spacial score (nSPS) is 15.1. The van der Waals surface area contributed by atoms with E-state index in [4.69, 9.17) is 11.6 Å². The maximum absolute atomic E-state index is 12.4. The van der Waals surface area contributed by atoms with Crippen LogP contribution in [0, 0.1) is 0 Å². The van der Waals surface area contributed by atoms with Gasteiger partial charge in [-0.05, 0) is 24.3 Å². The van der Waals surface area contributed by atoms with Gasteiger partial charge < -0.3 is 4.90 Å². The quantitative estimate of drug-likeness (QED) is 0.852. The Bertz CT molecular complexity index is 624. The highest BCUT2D eigenvalue weighted by Crippen LogP contribution is 2.15. The molecule has 2 heterocycles. The van der Waals surface area contributed by atoms with Gasteiger partial charge in [0.25, 0.3) is 11.7 Å². The first-order valence-corrected chi connectivity index (χ1v) is 7.38. The molecule has 1 aliphatic rings. The topological polar surface area (TPSA) is 37.7 Å². The average molecular weight is 303 g/mol. The summed E-state index contributed by atoms with van der Waals surface area (Å²) in [6.45, 7) is 3.09. The zero-order valence-electron chi connectivity index (χ0n) is 11.6. The molecule has 4 nitrogen and oxygen atoms in total. The molecule has 1 saturated heterocycles. The van der Waals surface area contributed by atoms with E-state index in [0.29, 0.717) is 23.7 Å². The van der Waals surface area contributed by atoms with E-state index in [-0.39, 0.29) is 5.91 Å². The summed E-state index contributed by atoms with van der Waals surface area (Å²) in [5.41, 5.74) is 0.655. The van der Waals surface area contributed by atoms with Crippen molar-refractivity contribution < 1.29 is 9.78 Å². The van der Waals surface area contributed by atoms with E-state index in [1.165, 1.54) is 0 Å². The number of halogens is 1. The minimum Gasteiger partial charge on any atom is -0.331 e. The van der Waals surface area contributed by atoms with Crippen LogP contribution in [-0.4, -0.2) is 37.0 Å². The Morgan fingerprint density at radius 1 is 1.05 bits per heavy atom. The molecule has 3 rings (SSSR count). The van der Waals surface area contributed by atoms with Crippen molar-refractivity contribution in [1.82, 2.24) is 4.90 Å². The van der Waals surface area contributed by atoms with E-state index in [2.05, 4.69) is 16.0 Å². The van der Waals surface area contributed by atoms with Crippen molar-refractivity contribution >= 4 is 23.3 Å². The fraction of sp³-hybridized carbons (Fsp3) is 0.250. The Kier molecular flexibility index (Phi) is 4.06. The van der Waals surface area contributed by atoms with Crippen molar-refractivity contribution in [2.45, 2.75) is 0 Å². The number of nitrogens with one attached hydrogen (secondary N) is 1. The van der Waals surface area contributed by atoms with Crippen molar-refractivity contribution in [2.75, 3.05) is 31.1 Å². The Morgan fingerprint density at radius 3 is 2.52 bits per heavy atom. The van der Waals surface area contributed by atoms with Crippen molar-refractivity contribution in [3.05, 3.63) is 59.2 Å². The van der Waals surface area contributed by atoms with Crippen molar-refractivity contribution in [3.8, 4) is 0 Å². The molecule has 0 bridgehead atoms. The van der Waals surface area contributed by atoms with Crippen LogP contribution >= 0.6 is 11.6 Å². The lowest BCUT2D eigenvalue weighted by molar-refractivity contribution is -0.364. The third kappa shape index (κ3) is 3.16. The average Bonchev–Trinajstić information content (AvgIpc) is 2.55. The first kappa shape index (κ1) is 13.9. The number of pyridine rings is 1. The molecular formula is C16H17ClN3O+. The van der Waals surface area contributed by atoms with Crippen molar-refractivity contribution in [2.24, 2.45) is 0 Å². The van der Waals surface area contributed by atoms with Crippen LogP contribution in [0.3, 0.4) is 0 Å². The summed E-state index contributed by atoms with van der Waals surface area (Å²) in [4.78, 5) is 19.8. The minimum atomic E-state index is 0.0502. The summed E-state index contributed by atoms with van der Waals surface area (Å²) in [6, 6.07) is 13.1. The second kappa shape index (κ2) is 6.14. The summed E-state index contributed by atoms with van der Waals surface area (Å²) in [6.07, 6.45) is 1.92. The number of amides is 1. The number of anilines is 1. The van der Waals surface area contributed by atoms with Crippen LogP contribution in [0.4, 0.5) is 5.82 Å². The molecule has 1 aromatic carbocycles. The Hall–Kier alpha value is -2.07. The molecule has 1 aromatic heterocycles. The van der Waals surface area contributed by atoms with E-state index in [9.17, 15) is 4.79 Å². The van der Waals surface area contributed by atoms with Crippen molar-refractivity contribution in [3.63, 3.8) is 0 Å². The van der Waals surface area contributed by atoms with Gasteiger partial charge in [0.1, 0.15) is 13.1 Å². The van der Waals surface area contributed by atoms with Crippen LogP contribution in [0.2, 0.25) is 5.02 Å². The number of hydrogen-bond donors (Lipinski definition) is 0. The van der Waals surface area contributed by atoms with Crippen LogP contribution in [0.1, 0.15) is 10.4 Å². The van der Waals surface area contributed by atoms with Gasteiger partial charge in [0.2, 0.25) is 0 Å². The Morgan fingerprint density at radius 2 is 1.86 bits per heavy atom. The van der Waals surface area contributed by atoms with E-state index >= 15 is 0 Å². The molecule has 1 amide bonds. The lowest BCUT2D eigenvalue weighted by Crippen LogP contribution is -2.50. The molecule has 5 heteroatoms. The predicted octanol–water partition coefficient (Wildman–Crippen LogP) is 2.12. The molecule has 1 fully saturated rings. The molecule has 108 valence electrons. The van der Waals surface area contributed by atoms with Crippen LogP contribution in [-0.2, 0) is 0 Å². The third-order valence-electron chi connectivity index (χ3n) is 3.67. The van der Waals surface area contributed by atoms with E-state index < -0.39 is 0 Å². The second-order valence-corrected chi connectivity index (χ2v) is 5.47. The van der Waals surface area contributed by atoms with Crippen LogP contribution in [0.15, 0.2) is 48.7 Å². The molecule has 0 unspecified atom stereocenters. The number of benzene rings is 1. The number of aromatic nitrogens is 1. The first-order valence-electron chi connectivity index (χ1n) is 7.00. The third-order valence-corrected chi connectivity index (χ3v) is 3.91. The van der Waals surface area contributed by atoms with Gasteiger partial charge in [-0.3, -0.25) is 9.69 Å². The molecule has 0 radical (unpaired) electrons. The molecule has 2 aromatic rings. The molecule has 0 aliphatic carbocycles. The number of aromatic amines is 1. The van der Waals surface area contributed by atoms with E-state index in [1.807, 2.05) is 35.4 Å². The monoisotopic (exact) mass is 302 g/mol. The fourth-order valence-electron chi connectivity index (χ4n) is 2.54. The van der Waals surface area contributed by atoms with Gasteiger partial charge in [-0.15, -0.1) is 0 Å². The molecule has 1 aliphatic heterocycles. The molecule has 0 saturated carbocycles. The number of carbonyl (C=O) groups is 1. The van der Waals surface area contributed by atoms with Gasteiger partial charge in [-0.1, -0.05) is 23.7 Å². The fourth-order valence-corrected chi connectivity index (χ4v) is 2.73. The number of nitrogens with zero attached hydrogens (tertiary/aromatic N) is 2. The summed E-state index contributed by atoms with van der Waals surface area (Å²) in [5, 5.41) is 0.596. The van der Waals surface area contributed by atoms with Crippen LogP contribution in [0.25, 0.3) is 0 Å². The highest BCUT2D eigenvalue weighted by Gasteiger charge is 2.26. The Balaban J connectivity index is 1.64. The predicted molar refractivity (Wildman–Crippen MR) is 82.6 cm³/mol. The largest absolute Gasteiger partial charge is 0.331 e. The van der Waals surface area contributed by atoms with Gasteiger partial charge in [0.05, 0.1) is 19.3 Å². The summed E-state index contributed by atoms with van der Waals surface area (Å²) >= 11 is 5.95. The van der Waals surface area contributed by atoms with E-state index in [1.54, 1.807) is 12.1 Å². The SMILES string of the molecule is O=C(c1cccc(Cl)c1)N1CCN(c2cccc[nH+]2)CC1. The van der Waals surface area contributed by atoms with Gasteiger partial charge in [0.15, 0.2) is 0 Å². The second-order valence-electron chi connectivity index (χ2n) is 5.04. The summed E-state index contributed by atoms with van der Waals surface area (Å²) in [7, 11) is 0. The first-order chi connectivity index (χ1) is 10.2. The van der Waals surface area contributed by atoms with Gasteiger partial charge in [-0.2, -0.15) is 0 Å². The van der Waals surface area contributed by atoms with E-state index in [0.717, 1.165) is 18.9 Å². The number of H-pyrrole nitrogens is 1. The number of rotatable bonds is 2. The lowest BCUT2D eigenvalue weighted by atomic mass is 10.2. The number of hydrogen-bond acceptors (Lipinski definition) is 2. The van der Waals surface area contributed by atoms with Crippen LogP contribution < -0.4 is 9.88 Å². The minimum absolute atomic E-state index is 0.0502. The summed E-state index contributed by atoms with van der Waals surface area (Å²) < 4.78 is 0. The van der Waals surface area contributed by atoms with Gasteiger partial charge >= 0.3 is 0 Å². The molecule has 21 heavy (non-hydrogen) atoms. The zero-order valence-corrected chi connectivity index (χ0v) is 12.4. The molecular weight excluding hydrogens is 286 g/mol. The maximum Gasteiger partial charge on any atom is 0.274 e. The molecule has 0 spiro atoms. The Labute approximate surface area is 129 Å². The highest BCUT2D eigenvalue weighted by atomic mass is 35.5. The van der Waals surface area contributed by atoms with Gasteiger partial charge in [0, 0.05) is 16.7 Å². The molecule has 1 N–H and O–H groups in total. The van der Waals surface area contributed by atoms with Crippen molar-refractivity contribution in [1.29, 1.82) is 0 Å².